The second kappa shape index (κ2) is 8.75. The molecule has 0 saturated carbocycles. The summed E-state index contributed by atoms with van der Waals surface area (Å²) in [5, 5.41) is 3.28. The first-order valence-corrected chi connectivity index (χ1v) is 11.3. The number of hydrogen-bond acceptors (Lipinski definition) is 4. The molecule has 0 aromatic heterocycles. The number of nitrogens with zero attached hydrogens (tertiary/aromatic N) is 1. The van der Waals surface area contributed by atoms with Crippen LogP contribution in [0.25, 0.3) is 0 Å². The summed E-state index contributed by atoms with van der Waals surface area (Å²) in [6.07, 6.45) is 1.44. The largest absolute Gasteiger partial charge is 0.486 e. The van der Waals surface area contributed by atoms with Gasteiger partial charge in [0.1, 0.15) is 11.4 Å². The number of carbonyl (C=O) groups is 3. The molecule has 168 valence electrons. The molecule has 2 heterocycles. The van der Waals surface area contributed by atoms with Crippen LogP contribution in [0.15, 0.2) is 30.3 Å². The molecule has 0 unspecified atom stereocenters. The van der Waals surface area contributed by atoms with E-state index in [0.717, 1.165) is 11.1 Å². The number of rotatable bonds is 3. The lowest BCUT2D eigenvalue weighted by atomic mass is 9.82. The van der Waals surface area contributed by atoms with E-state index in [9.17, 15) is 14.4 Å². The molecule has 2 aliphatic rings. The molecular weight excluding hydrogens is 451 g/mol. The van der Waals surface area contributed by atoms with Gasteiger partial charge in [-0.2, -0.15) is 0 Å². The minimum atomic E-state index is -0.581. The number of piperidine rings is 1. The average molecular weight is 475 g/mol. The number of hydrogen-bond donors (Lipinski definition) is 1. The summed E-state index contributed by atoms with van der Waals surface area (Å²) in [6.45, 7) is 4.77. The fourth-order valence-electron chi connectivity index (χ4n) is 4.23. The molecule has 0 aliphatic carbocycles. The van der Waals surface area contributed by atoms with Crippen LogP contribution < -0.4 is 10.1 Å². The highest BCUT2D eigenvalue weighted by Gasteiger charge is 2.43. The predicted octanol–water partition coefficient (Wildman–Crippen LogP) is 4.37. The third-order valence-corrected chi connectivity index (χ3v) is 6.86. The fraction of sp³-hybridized carbons (Fsp3) is 0.375. The lowest BCUT2D eigenvalue weighted by molar-refractivity contribution is -0.133. The van der Waals surface area contributed by atoms with Crippen molar-refractivity contribution >= 4 is 40.8 Å². The summed E-state index contributed by atoms with van der Waals surface area (Å²) in [5.41, 5.74) is 2.47. The average Bonchev–Trinajstić information content (AvgIpc) is 2.74. The van der Waals surface area contributed by atoms with Gasteiger partial charge in [0.2, 0.25) is 5.91 Å². The normalized spacial score (nSPS) is 17.0. The van der Waals surface area contributed by atoms with Crippen LogP contribution in [-0.4, -0.2) is 47.7 Å². The maximum Gasteiger partial charge on any atom is 0.253 e. The topological polar surface area (TPSA) is 75.7 Å². The van der Waals surface area contributed by atoms with E-state index in [-0.39, 0.29) is 28.8 Å². The molecule has 2 amide bonds. The van der Waals surface area contributed by atoms with E-state index in [1.165, 1.54) is 12.1 Å². The Labute approximate surface area is 196 Å². The van der Waals surface area contributed by atoms with Crippen molar-refractivity contribution in [1.82, 2.24) is 10.2 Å². The number of halogens is 2. The predicted molar refractivity (Wildman–Crippen MR) is 123 cm³/mol. The Bertz CT molecular complexity index is 1110. The third kappa shape index (κ3) is 4.48. The number of aryl methyl sites for hydroxylation is 2. The zero-order chi connectivity index (χ0) is 23.0. The van der Waals surface area contributed by atoms with Gasteiger partial charge in [-0.15, -0.1) is 0 Å². The van der Waals surface area contributed by atoms with Crippen LogP contribution in [0.3, 0.4) is 0 Å². The third-order valence-electron chi connectivity index (χ3n) is 6.31. The number of Topliss-reactive ketones (excluding diaryl/α,β-unsaturated/α-hetero) is 1. The van der Waals surface area contributed by atoms with Crippen LogP contribution in [0.1, 0.15) is 51.1 Å². The fourth-order valence-corrected chi connectivity index (χ4v) is 4.72. The van der Waals surface area contributed by atoms with Crippen LogP contribution in [0.2, 0.25) is 10.0 Å². The van der Waals surface area contributed by atoms with Gasteiger partial charge in [-0.25, -0.2) is 0 Å². The van der Waals surface area contributed by atoms with E-state index in [2.05, 4.69) is 5.32 Å². The maximum absolute atomic E-state index is 12.8. The molecule has 1 spiro atoms. The Kier molecular flexibility index (Phi) is 6.19. The molecule has 2 aliphatic heterocycles. The molecule has 0 radical (unpaired) electrons. The monoisotopic (exact) mass is 474 g/mol. The van der Waals surface area contributed by atoms with Crippen molar-refractivity contribution < 1.29 is 19.1 Å². The molecule has 0 bridgehead atoms. The van der Waals surface area contributed by atoms with Gasteiger partial charge in [-0.1, -0.05) is 23.2 Å². The van der Waals surface area contributed by atoms with Gasteiger partial charge in [0.25, 0.3) is 5.91 Å². The van der Waals surface area contributed by atoms with Gasteiger partial charge in [0.15, 0.2) is 5.78 Å². The zero-order valence-electron chi connectivity index (χ0n) is 18.0. The van der Waals surface area contributed by atoms with Crippen molar-refractivity contribution in [2.24, 2.45) is 0 Å². The number of fused-ring (bicyclic) bond motifs is 1. The van der Waals surface area contributed by atoms with Crippen molar-refractivity contribution in [2.45, 2.75) is 38.7 Å². The minimum absolute atomic E-state index is 0.0845. The number of carbonyl (C=O) groups excluding carboxylic acids is 3. The van der Waals surface area contributed by atoms with Crippen LogP contribution in [0, 0.1) is 13.8 Å². The van der Waals surface area contributed by atoms with E-state index in [0.29, 0.717) is 48.7 Å². The lowest BCUT2D eigenvalue weighted by Crippen LogP contribution is -2.53. The first kappa shape index (κ1) is 22.6. The van der Waals surface area contributed by atoms with Crippen molar-refractivity contribution in [3.8, 4) is 5.75 Å². The molecule has 1 saturated heterocycles. The van der Waals surface area contributed by atoms with E-state index in [1.54, 1.807) is 11.0 Å². The van der Waals surface area contributed by atoms with Crippen LogP contribution in [0.4, 0.5) is 0 Å². The van der Waals surface area contributed by atoms with Gasteiger partial charge >= 0.3 is 0 Å². The molecule has 0 atom stereocenters. The van der Waals surface area contributed by atoms with Crippen LogP contribution in [0.5, 0.6) is 5.75 Å². The summed E-state index contributed by atoms with van der Waals surface area (Å²) in [6, 6.07) is 8.40. The molecule has 8 heteroatoms. The Morgan fingerprint density at radius 1 is 1.09 bits per heavy atom. The number of ketones is 1. The van der Waals surface area contributed by atoms with Crippen LogP contribution in [-0.2, 0) is 4.79 Å². The SMILES string of the molecule is Cc1cc2c(cc1C)C(=O)CC1(CCN(C(=O)CNC(=O)c3ccc(Cl)cc3Cl)CC1)O2. The maximum atomic E-state index is 12.8. The standard InChI is InChI=1S/C24H24Cl2N2O4/c1-14-9-18-20(29)12-24(32-21(18)10-15(14)2)5-7-28(8-6-24)22(30)13-27-23(31)17-4-3-16(25)11-19(17)26/h3-4,9-11H,5-8,12-13H2,1-2H3,(H,27,31). The number of amides is 2. The first-order chi connectivity index (χ1) is 15.2. The van der Waals surface area contributed by atoms with Gasteiger partial charge in [0, 0.05) is 31.0 Å². The van der Waals surface area contributed by atoms with Gasteiger partial charge < -0.3 is 15.0 Å². The highest BCUT2D eigenvalue weighted by molar-refractivity contribution is 6.36. The molecule has 4 rings (SSSR count). The Balaban J connectivity index is 1.35. The zero-order valence-corrected chi connectivity index (χ0v) is 19.5. The number of likely N-dealkylation sites (tertiary alicyclic amines) is 1. The van der Waals surface area contributed by atoms with E-state index in [4.69, 9.17) is 27.9 Å². The molecule has 2 aromatic carbocycles. The Hall–Kier alpha value is -2.57. The smallest absolute Gasteiger partial charge is 0.253 e. The minimum Gasteiger partial charge on any atom is -0.486 e. The van der Waals surface area contributed by atoms with E-state index < -0.39 is 11.5 Å². The summed E-state index contributed by atoms with van der Waals surface area (Å²) in [4.78, 5) is 39.4. The van der Waals surface area contributed by atoms with E-state index >= 15 is 0 Å². The van der Waals surface area contributed by atoms with Crippen molar-refractivity contribution in [2.75, 3.05) is 19.6 Å². The summed E-state index contributed by atoms with van der Waals surface area (Å²) in [7, 11) is 0. The molecule has 1 N–H and O–H groups in total. The second-order valence-corrected chi connectivity index (χ2v) is 9.35. The molecule has 2 aromatic rings. The number of ether oxygens (including phenoxy) is 1. The summed E-state index contributed by atoms with van der Waals surface area (Å²) in [5.74, 6) is 0.0988. The first-order valence-electron chi connectivity index (χ1n) is 10.5. The van der Waals surface area contributed by atoms with Gasteiger partial charge in [0.05, 0.1) is 29.1 Å². The Morgan fingerprint density at radius 2 is 1.78 bits per heavy atom. The summed E-state index contributed by atoms with van der Waals surface area (Å²) >= 11 is 11.9. The quantitative estimate of drug-likeness (QED) is 0.716. The molecule has 1 fully saturated rings. The Morgan fingerprint density at radius 3 is 2.47 bits per heavy atom. The van der Waals surface area contributed by atoms with Gasteiger partial charge in [-0.3, -0.25) is 14.4 Å². The molecule has 32 heavy (non-hydrogen) atoms. The lowest BCUT2D eigenvalue weighted by Gasteiger charge is -2.44. The highest BCUT2D eigenvalue weighted by atomic mass is 35.5. The number of nitrogens with one attached hydrogen (secondary N) is 1. The van der Waals surface area contributed by atoms with Crippen molar-refractivity contribution in [3.05, 3.63) is 62.6 Å². The van der Waals surface area contributed by atoms with Crippen molar-refractivity contribution in [1.29, 1.82) is 0 Å². The molecular formula is C24H24Cl2N2O4. The second-order valence-electron chi connectivity index (χ2n) is 8.51. The molecule has 6 nitrogen and oxygen atoms in total. The highest BCUT2D eigenvalue weighted by Crippen LogP contribution is 2.40. The summed E-state index contributed by atoms with van der Waals surface area (Å²) < 4.78 is 6.32. The van der Waals surface area contributed by atoms with Crippen molar-refractivity contribution in [3.63, 3.8) is 0 Å². The number of benzene rings is 2. The van der Waals surface area contributed by atoms with E-state index in [1.807, 2.05) is 26.0 Å². The van der Waals surface area contributed by atoms with Gasteiger partial charge in [-0.05, 0) is 55.3 Å². The van der Waals surface area contributed by atoms with Crippen LogP contribution >= 0.6 is 23.2 Å².